The molecule has 1 saturated carbocycles. The van der Waals surface area contributed by atoms with E-state index in [0.29, 0.717) is 11.7 Å². The first-order valence-electron chi connectivity index (χ1n) is 14.2. The number of hydrogen-bond donors (Lipinski definition) is 2. The molecule has 1 aromatic carbocycles. The quantitative estimate of drug-likeness (QED) is 0.300. The van der Waals surface area contributed by atoms with Gasteiger partial charge in [-0.3, -0.25) is 14.8 Å². The number of pyridine rings is 1. The number of aromatic amines is 1. The van der Waals surface area contributed by atoms with Crippen LogP contribution in [0.1, 0.15) is 67.1 Å². The summed E-state index contributed by atoms with van der Waals surface area (Å²) in [6, 6.07) is 4.77. The molecule has 12 heteroatoms. The number of benzene rings is 1. The van der Waals surface area contributed by atoms with E-state index < -0.39 is 23.0 Å². The van der Waals surface area contributed by atoms with Crippen LogP contribution < -0.4 is 10.2 Å². The molecule has 8 nitrogen and oxygen atoms in total. The Bertz CT molecular complexity index is 1480. The smallest absolute Gasteiger partial charge is 0.261 e. The third-order valence-electron chi connectivity index (χ3n) is 8.83. The van der Waals surface area contributed by atoms with Gasteiger partial charge in [-0.05, 0) is 31.4 Å². The van der Waals surface area contributed by atoms with Gasteiger partial charge in [0.05, 0.1) is 22.8 Å². The van der Waals surface area contributed by atoms with E-state index in [1.54, 1.807) is 25.3 Å². The average molecular weight is 687 g/mol. The van der Waals surface area contributed by atoms with Crippen molar-refractivity contribution in [2.75, 3.05) is 36.4 Å². The van der Waals surface area contributed by atoms with Crippen molar-refractivity contribution in [3.63, 3.8) is 0 Å². The molecule has 0 bridgehead atoms. The van der Waals surface area contributed by atoms with Crippen molar-refractivity contribution in [2.45, 2.75) is 51.5 Å². The molecule has 1 aliphatic carbocycles. The van der Waals surface area contributed by atoms with Crippen LogP contribution in [-0.4, -0.2) is 65.0 Å². The topological polar surface area (TPSA) is 94.2 Å². The first-order valence-corrected chi connectivity index (χ1v) is 14.6. The van der Waals surface area contributed by atoms with Gasteiger partial charge in [-0.15, -0.1) is 0 Å². The number of halogens is 3. The summed E-state index contributed by atoms with van der Waals surface area (Å²) in [5, 5.41) is 10.4. The number of nitrogens with zero attached hydrogens (tertiary/aromatic N) is 4. The van der Waals surface area contributed by atoms with Crippen LogP contribution in [0.4, 0.5) is 20.4 Å². The molecule has 1 amide bonds. The second-order valence-corrected chi connectivity index (χ2v) is 12.4. The molecule has 2 fully saturated rings. The average Bonchev–Trinajstić information content (AvgIpc) is 3.65. The molecule has 2 aromatic heterocycles. The minimum Gasteiger partial charge on any atom is -0.362 e. The van der Waals surface area contributed by atoms with Crippen molar-refractivity contribution in [1.82, 2.24) is 20.1 Å². The minimum absolute atomic E-state index is 0. The van der Waals surface area contributed by atoms with Crippen molar-refractivity contribution >= 4 is 35.9 Å². The molecule has 0 spiro atoms. The molecule has 6 rings (SSSR count). The fraction of sp³-hybridized carbons (Fsp3) is 0.452. The van der Waals surface area contributed by atoms with E-state index in [1.165, 1.54) is 17.2 Å². The van der Waals surface area contributed by atoms with Crippen molar-refractivity contribution in [3.05, 3.63) is 75.9 Å². The van der Waals surface area contributed by atoms with Crippen molar-refractivity contribution < 1.29 is 51.1 Å². The maximum Gasteiger partial charge on any atom is 0.261 e. The third kappa shape index (κ3) is 6.30. The van der Waals surface area contributed by atoms with Crippen LogP contribution in [0.3, 0.4) is 0 Å². The van der Waals surface area contributed by atoms with E-state index in [9.17, 15) is 4.79 Å². The van der Waals surface area contributed by atoms with Gasteiger partial charge >= 0.3 is 0 Å². The number of amides is 1. The zero-order valence-corrected chi connectivity index (χ0v) is 28.4. The van der Waals surface area contributed by atoms with E-state index in [-0.39, 0.29) is 84.7 Å². The second-order valence-electron chi connectivity index (χ2n) is 12.0. The molecule has 3 aromatic rings. The number of likely N-dealkylation sites (tertiary alicyclic amines) is 1. The molecular weight excluding hydrogens is 651 g/mol. The summed E-state index contributed by atoms with van der Waals surface area (Å²) >= 11 is 6.21. The minimum atomic E-state index is -1.27. The summed E-state index contributed by atoms with van der Waals surface area (Å²) in [5.41, 5.74) is 0.0233. The van der Waals surface area contributed by atoms with Crippen molar-refractivity contribution in [3.8, 4) is 0 Å². The van der Waals surface area contributed by atoms with Crippen LogP contribution in [0.2, 0.25) is 5.02 Å². The monoisotopic (exact) mass is 686 g/mol. The zero-order chi connectivity index (χ0) is 30.3. The largest absolute Gasteiger partial charge is 0.362 e. The molecule has 3 atom stereocenters. The summed E-state index contributed by atoms with van der Waals surface area (Å²) in [5.74, 6) is -0.0318. The second kappa shape index (κ2) is 13.4. The van der Waals surface area contributed by atoms with Gasteiger partial charge in [-0.1, -0.05) is 44.5 Å². The van der Waals surface area contributed by atoms with Gasteiger partial charge < -0.3 is 21.4 Å². The van der Waals surface area contributed by atoms with E-state index in [4.69, 9.17) is 16.4 Å². The third-order valence-corrected chi connectivity index (χ3v) is 9.13. The molecule has 43 heavy (non-hydrogen) atoms. The number of anilines is 2. The van der Waals surface area contributed by atoms with Crippen molar-refractivity contribution in [2.24, 2.45) is 11.8 Å². The number of aromatic nitrogens is 3. The normalized spacial score (nSPS) is 22.2. The van der Waals surface area contributed by atoms with Crippen LogP contribution in [0.5, 0.6) is 0 Å². The predicted octanol–water partition coefficient (Wildman–Crippen LogP) is 5.60. The number of carbonyl (C=O) groups is 2. The molecule has 2 unspecified atom stereocenters. The molecular formula is C31H36ClF2N6O2Y-. The van der Waals surface area contributed by atoms with E-state index >= 15 is 8.78 Å². The van der Waals surface area contributed by atoms with Crippen LogP contribution >= 0.6 is 11.6 Å². The van der Waals surface area contributed by atoms with Crippen LogP contribution in [0.25, 0.3) is 0 Å². The Kier molecular flexibility index (Phi) is 10.5. The maximum absolute atomic E-state index is 16.5. The summed E-state index contributed by atoms with van der Waals surface area (Å²) in [4.78, 5) is 30.2. The van der Waals surface area contributed by atoms with Crippen molar-refractivity contribution in [1.29, 1.82) is 0 Å². The first kappa shape index (κ1) is 33.6. The Hall–Kier alpha value is -2.27. The maximum atomic E-state index is 16.5. The number of nitrogens with one attached hydrogen (secondary N) is 2. The number of rotatable bonds is 8. The zero-order valence-electron chi connectivity index (χ0n) is 24.8. The fourth-order valence-electron chi connectivity index (χ4n) is 6.01. The Balaban J connectivity index is 0.00000138. The number of carbonyl (C=O) groups excluding carboxylic acids is 2. The summed E-state index contributed by atoms with van der Waals surface area (Å²) in [6.07, 6.45) is 6.58. The van der Waals surface area contributed by atoms with E-state index in [2.05, 4.69) is 52.6 Å². The number of hydrogen-bond acceptors (Lipinski definition) is 6. The van der Waals surface area contributed by atoms with Crippen LogP contribution in [-0.2, 0) is 42.9 Å². The SMILES string of the molecule is C=O.CC(C)C(C)c1cn[nH]c1N1C[C@](C)(c2cccc(Cl)c2F)c2c(cnc(NC3CN(CC4[CH-]C4)C3)c2F)C1=O.[Y]. The first-order chi connectivity index (χ1) is 20.1. The molecule has 1 radical (unpaired) electrons. The van der Waals surface area contributed by atoms with Gasteiger partial charge in [0.2, 0.25) is 0 Å². The van der Waals surface area contributed by atoms with E-state index in [1.807, 2.05) is 6.79 Å². The molecule has 1 saturated heterocycles. The predicted molar refractivity (Wildman–Crippen MR) is 159 cm³/mol. The molecule has 2 aliphatic heterocycles. The van der Waals surface area contributed by atoms with Crippen LogP contribution in [0.15, 0.2) is 30.6 Å². The number of H-pyrrole nitrogens is 1. The van der Waals surface area contributed by atoms with Gasteiger partial charge in [0.25, 0.3) is 5.91 Å². The summed E-state index contributed by atoms with van der Waals surface area (Å²) in [7, 11) is 0. The van der Waals surface area contributed by atoms with Gasteiger partial charge in [0.1, 0.15) is 18.4 Å². The number of fused-ring (bicyclic) bond motifs is 1. The van der Waals surface area contributed by atoms with Gasteiger partial charge in [0.15, 0.2) is 11.6 Å². The van der Waals surface area contributed by atoms with Gasteiger partial charge in [-0.2, -0.15) is 11.0 Å². The molecule has 4 heterocycles. The Labute approximate surface area is 281 Å². The standard InChI is InChI=1S/C30H34ClF2N6O.CH2O.Y/c1-16(2)17(3)20-11-35-37-28(20)39-15-30(4,22-6-5-7-23(31)25(22)32)24-21(29(39)40)10-34-27(26(24)33)36-19-13-38(14-19)12-18-8-9-18;1-2;/h5-8,10-11,16-19H,9,12-15H2,1-4H3,(H,34,36)(H,35,37);1H2;/q-1;;/t17?,18?,30-;;/m1../s1. The van der Waals surface area contributed by atoms with Gasteiger partial charge in [-0.25, -0.2) is 20.2 Å². The molecule has 227 valence electrons. The Morgan fingerprint density at radius 2 is 1.91 bits per heavy atom. The van der Waals surface area contributed by atoms with Gasteiger partial charge in [0, 0.05) is 80.6 Å². The Morgan fingerprint density at radius 1 is 1.21 bits per heavy atom. The molecule has 2 N–H and O–H groups in total. The molecule has 3 aliphatic rings. The summed E-state index contributed by atoms with van der Waals surface area (Å²) in [6.45, 7) is 12.6. The Morgan fingerprint density at radius 3 is 2.56 bits per heavy atom. The van der Waals surface area contributed by atoms with E-state index in [0.717, 1.165) is 31.6 Å². The summed E-state index contributed by atoms with van der Waals surface area (Å²) < 4.78 is 32.1. The van der Waals surface area contributed by atoms with Crippen LogP contribution in [0, 0.1) is 29.9 Å². The fourth-order valence-corrected chi connectivity index (χ4v) is 6.18.